The molecule has 1 aromatic rings. The van der Waals surface area contributed by atoms with Gasteiger partial charge in [0.1, 0.15) is 5.75 Å². The number of ether oxygens (including phenoxy) is 1. The number of hydrogen-bond donors (Lipinski definition) is 0. The van der Waals surface area contributed by atoms with Crippen molar-refractivity contribution >= 4 is 35.2 Å². The van der Waals surface area contributed by atoms with Crippen molar-refractivity contribution in [3.63, 3.8) is 0 Å². The van der Waals surface area contributed by atoms with E-state index in [9.17, 15) is 9.59 Å². The van der Waals surface area contributed by atoms with E-state index < -0.39 is 0 Å². The molecule has 1 atom stereocenters. The molecule has 8 heteroatoms. The van der Waals surface area contributed by atoms with Gasteiger partial charge < -0.3 is 14.5 Å². The summed E-state index contributed by atoms with van der Waals surface area (Å²) in [6.07, 6.45) is 4.75. The van der Waals surface area contributed by atoms with Crippen LogP contribution in [0.2, 0.25) is 5.02 Å². The molecule has 0 aromatic heterocycles. The molecular weight excluding hydrogens is 434 g/mol. The van der Waals surface area contributed by atoms with Crippen molar-refractivity contribution < 1.29 is 14.3 Å². The smallest absolute Gasteiger partial charge is 0.260 e. The minimum atomic E-state index is -0.0202. The van der Waals surface area contributed by atoms with Crippen LogP contribution in [0.25, 0.3) is 0 Å². The number of amides is 2. The molecule has 170 valence electrons. The van der Waals surface area contributed by atoms with Crippen LogP contribution in [0.3, 0.4) is 0 Å². The summed E-state index contributed by atoms with van der Waals surface area (Å²) in [7, 11) is 0. The molecule has 0 N–H and O–H groups in total. The van der Waals surface area contributed by atoms with Gasteiger partial charge in [-0.3, -0.25) is 14.5 Å². The number of thioether (sulfide) groups is 1. The van der Waals surface area contributed by atoms with Gasteiger partial charge in [-0.15, -0.1) is 0 Å². The SMILES string of the molecule is O=C(COc1ccc(Cl)cc1)N1CCN(C(C(=O)N2CCSCC2)C2CCCC2)CC1. The van der Waals surface area contributed by atoms with Crippen LogP contribution in [0.15, 0.2) is 24.3 Å². The Balaban J connectivity index is 1.31. The summed E-state index contributed by atoms with van der Waals surface area (Å²) in [5.74, 6) is 3.49. The highest BCUT2D eigenvalue weighted by Gasteiger charge is 2.39. The average molecular weight is 466 g/mol. The van der Waals surface area contributed by atoms with Crippen LogP contribution >= 0.6 is 23.4 Å². The van der Waals surface area contributed by atoms with E-state index in [2.05, 4.69) is 9.80 Å². The van der Waals surface area contributed by atoms with E-state index in [-0.39, 0.29) is 18.6 Å². The van der Waals surface area contributed by atoms with Gasteiger partial charge in [-0.25, -0.2) is 0 Å². The molecule has 4 rings (SSSR count). The lowest BCUT2D eigenvalue weighted by molar-refractivity contribution is -0.141. The zero-order chi connectivity index (χ0) is 21.6. The van der Waals surface area contributed by atoms with Gasteiger partial charge in [0.15, 0.2) is 6.61 Å². The molecule has 2 heterocycles. The molecular formula is C23H32ClN3O3S. The van der Waals surface area contributed by atoms with Crippen LogP contribution in [0.1, 0.15) is 25.7 Å². The van der Waals surface area contributed by atoms with Gasteiger partial charge in [0.2, 0.25) is 5.91 Å². The van der Waals surface area contributed by atoms with Crippen LogP contribution in [-0.4, -0.2) is 89.9 Å². The van der Waals surface area contributed by atoms with Crippen LogP contribution < -0.4 is 4.74 Å². The molecule has 2 aliphatic heterocycles. The van der Waals surface area contributed by atoms with Gasteiger partial charge in [-0.2, -0.15) is 11.8 Å². The Hall–Kier alpha value is -1.44. The quantitative estimate of drug-likeness (QED) is 0.646. The Bertz CT molecular complexity index is 743. The number of hydrogen-bond acceptors (Lipinski definition) is 5. The Morgan fingerprint density at radius 2 is 1.61 bits per heavy atom. The highest BCUT2D eigenvalue weighted by Crippen LogP contribution is 2.32. The van der Waals surface area contributed by atoms with Crippen molar-refractivity contribution in [2.45, 2.75) is 31.7 Å². The predicted molar refractivity (Wildman–Crippen MR) is 125 cm³/mol. The van der Waals surface area contributed by atoms with Crippen LogP contribution in [-0.2, 0) is 9.59 Å². The maximum absolute atomic E-state index is 13.4. The predicted octanol–water partition coefficient (Wildman–Crippen LogP) is 3.00. The Kier molecular flexibility index (Phi) is 8.02. The van der Waals surface area contributed by atoms with E-state index >= 15 is 0 Å². The lowest BCUT2D eigenvalue weighted by atomic mass is 9.94. The summed E-state index contributed by atoms with van der Waals surface area (Å²) in [5.41, 5.74) is 0. The topological polar surface area (TPSA) is 53.1 Å². The highest BCUT2D eigenvalue weighted by molar-refractivity contribution is 7.99. The van der Waals surface area contributed by atoms with E-state index in [4.69, 9.17) is 16.3 Å². The molecule has 0 spiro atoms. The highest BCUT2D eigenvalue weighted by atomic mass is 35.5. The molecule has 3 aliphatic rings. The lowest BCUT2D eigenvalue weighted by Crippen LogP contribution is -2.59. The van der Waals surface area contributed by atoms with Gasteiger partial charge in [0, 0.05) is 55.8 Å². The van der Waals surface area contributed by atoms with E-state index in [1.165, 1.54) is 12.8 Å². The maximum Gasteiger partial charge on any atom is 0.260 e. The second-order valence-electron chi connectivity index (χ2n) is 8.59. The first-order chi connectivity index (χ1) is 15.1. The van der Waals surface area contributed by atoms with Crippen molar-refractivity contribution in [2.24, 2.45) is 5.92 Å². The molecule has 0 radical (unpaired) electrons. The standard InChI is InChI=1S/C23H32ClN3O3S/c24-19-5-7-20(8-6-19)30-17-21(28)25-9-11-26(12-10-25)22(18-3-1-2-4-18)23(29)27-13-15-31-16-14-27/h5-8,18,22H,1-4,9-17H2. The number of nitrogens with zero attached hydrogens (tertiary/aromatic N) is 3. The van der Waals surface area contributed by atoms with Gasteiger partial charge in [0.25, 0.3) is 5.91 Å². The third-order valence-electron chi connectivity index (χ3n) is 6.66. The van der Waals surface area contributed by atoms with E-state index in [1.807, 2.05) is 16.7 Å². The first kappa shape index (κ1) is 22.7. The summed E-state index contributed by atoms with van der Waals surface area (Å²) in [6, 6.07) is 7.02. The van der Waals surface area contributed by atoms with Gasteiger partial charge in [-0.1, -0.05) is 24.4 Å². The third kappa shape index (κ3) is 5.88. The van der Waals surface area contributed by atoms with Crippen molar-refractivity contribution in [1.82, 2.24) is 14.7 Å². The van der Waals surface area contributed by atoms with Crippen molar-refractivity contribution in [2.75, 3.05) is 57.4 Å². The van der Waals surface area contributed by atoms with Crippen LogP contribution in [0.4, 0.5) is 0 Å². The second-order valence-corrected chi connectivity index (χ2v) is 10.2. The largest absolute Gasteiger partial charge is 0.484 e. The van der Waals surface area contributed by atoms with Crippen LogP contribution in [0, 0.1) is 5.92 Å². The number of benzene rings is 1. The molecule has 1 aromatic carbocycles. The van der Waals surface area contributed by atoms with Crippen LogP contribution in [0.5, 0.6) is 5.75 Å². The van der Waals surface area contributed by atoms with E-state index in [0.29, 0.717) is 35.7 Å². The normalized spacial score (nSPS) is 21.8. The summed E-state index contributed by atoms with van der Waals surface area (Å²) in [5, 5.41) is 0.643. The third-order valence-corrected chi connectivity index (χ3v) is 7.85. The first-order valence-corrected chi connectivity index (χ1v) is 12.9. The summed E-state index contributed by atoms with van der Waals surface area (Å²) in [6.45, 7) is 4.56. The minimum Gasteiger partial charge on any atom is -0.484 e. The molecule has 1 saturated carbocycles. The number of halogens is 1. The number of carbonyl (C=O) groups is 2. The van der Waals surface area contributed by atoms with Crippen molar-refractivity contribution in [1.29, 1.82) is 0 Å². The zero-order valence-corrected chi connectivity index (χ0v) is 19.6. The molecule has 2 amide bonds. The molecule has 31 heavy (non-hydrogen) atoms. The summed E-state index contributed by atoms with van der Waals surface area (Å²) in [4.78, 5) is 32.4. The fraction of sp³-hybridized carbons (Fsp3) is 0.652. The Morgan fingerprint density at radius 3 is 2.26 bits per heavy atom. The molecule has 1 aliphatic carbocycles. The molecule has 2 saturated heterocycles. The second kappa shape index (κ2) is 10.9. The molecule has 1 unspecified atom stereocenters. The Labute approximate surface area is 194 Å². The monoisotopic (exact) mass is 465 g/mol. The van der Waals surface area contributed by atoms with Gasteiger partial charge in [0.05, 0.1) is 6.04 Å². The number of piperazine rings is 1. The Morgan fingerprint density at radius 1 is 0.968 bits per heavy atom. The number of carbonyl (C=O) groups excluding carboxylic acids is 2. The maximum atomic E-state index is 13.4. The molecule has 0 bridgehead atoms. The minimum absolute atomic E-state index is 0.00796. The summed E-state index contributed by atoms with van der Waals surface area (Å²) < 4.78 is 5.62. The average Bonchev–Trinajstić information content (AvgIpc) is 3.34. The fourth-order valence-electron chi connectivity index (χ4n) is 4.92. The fourth-order valence-corrected chi connectivity index (χ4v) is 5.95. The zero-order valence-electron chi connectivity index (χ0n) is 18.0. The van der Waals surface area contributed by atoms with E-state index in [0.717, 1.165) is 50.5 Å². The van der Waals surface area contributed by atoms with Gasteiger partial charge in [-0.05, 0) is 43.0 Å². The van der Waals surface area contributed by atoms with Crippen molar-refractivity contribution in [3.8, 4) is 5.75 Å². The lowest BCUT2D eigenvalue weighted by Gasteiger charge is -2.43. The molecule has 3 fully saturated rings. The molecule has 6 nitrogen and oxygen atoms in total. The number of rotatable bonds is 6. The summed E-state index contributed by atoms with van der Waals surface area (Å²) >= 11 is 7.82. The van der Waals surface area contributed by atoms with Gasteiger partial charge >= 0.3 is 0 Å². The van der Waals surface area contributed by atoms with Crippen molar-refractivity contribution in [3.05, 3.63) is 29.3 Å². The van der Waals surface area contributed by atoms with E-state index in [1.54, 1.807) is 24.3 Å². The first-order valence-electron chi connectivity index (χ1n) is 11.4.